The molecule has 29 heavy (non-hydrogen) atoms. The van der Waals surface area contributed by atoms with E-state index in [2.05, 4.69) is 15.6 Å². The van der Waals surface area contributed by atoms with E-state index in [9.17, 15) is 9.59 Å². The third kappa shape index (κ3) is 4.35. The summed E-state index contributed by atoms with van der Waals surface area (Å²) in [5.74, 6) is 0.813. The van der Waals surface area contributed by atoms with E-state index < -0.39 is 11.9 Å². The van der Waals surface area contributed by atoms with Crippen LogP contribution >= 0.6 is 11.8 Å². The summed E-state index contributed by atoms with van der Waals surface area (Å²) in [6.45, 7) is 0.153. The van der Waals surface area contributed by atoms with Crippen LogP contribution in [0, 0.1) is 0 Å². The number of imide groups is 1. The number of benzene rings is 2. The van der Waals surface area contributed by atoms with Gasteiger partial charge >= 0.3 is 6.03 Å². The fourth-order valence-corrected chi connectivity index (χ4v) is 3.58. The van der Waals surface area contributed by atoms with Crippen LogP contribution in [-0.2, 0) is 11.8 Å². The molecule has 148 valence electrons. The summed E-state index contributed by atoms with van der Waals surface area (Å²) in [5.41, 5.74) is 2.50. The quantitative estimate of drug-likeness (QED) is 0.627. The van der Waals surface area contributed by atoms with Crippen molar-refractivity contribution in [2.75, 3.05) is 17.9 Å². The first-order valence-electron chi connectivity index (χ1n) is 8.80. The number of nitrogens with zero attached hydrogens (tertiary/aromatic N) is 2. The summed E-state index contributed by atoms with van der Waals surface area (Å²) in [4.78, 5) is 28.5. The standard InChI is InChI=1S/C20H18N4O4S/c1-24-15(13-5-3-2-4-6-13)10-21-20(24)29-11-18(25)23-19(26)22-14-7-8-16-17(9-14)28-12-27-16/h2-10H,11-12H2,1H3,(H2,22,23,25,26). The van der Waals surface area contributed by atoms with Gasteiger partial charge in [0.05, 0.1) is 17.6 Å². The number of amides is 3. The number of ether oxygens (including phenoxy) is 2. The Balaban J connectivity index is 1.30. The molecule has 0 unspecified atom stereocenters. The van der Waals surface area contributed by atoms with Gasteiger partial charge in [-0.05, 0) is 17.7 Å². The number of imidazole rings is 1. The molecule has 0 saturated carbocycles. The Morgan fingerprint density at radius 2 is 1.93 bits per heavy atom. The summed E-state index contributed by atoms with van der Waals surface area (Å²) in [6, 6.07) is 14.3. The normalized spacial score (nSPS) is 11.9. The fourth-order valence-electron chi connectivity index (χ4n) is 2.83. The Morgan fingerprint density at radius 3 is 2.76 bits per heavy atom. The number of thioether (sulfide) groups is 1. The summed E-state index contributed by atoms with van der Waals surface area (Å²) in [6.07, 6.45) is 1.77. The molecule has 0 aliphatic carbocycles. The molecule has 1 aromatic heterocycles. The summed E-state index contributed by atoms with van der Waals surface area (Å²) >= 11 is 1.26. The van der Waals surface area contributed by atoms with E-state index in [1.165, 1.54) is 11.8 Å². The Hall–Kier alpha value is -3.46. The van der Waals surface area contributed by atoms with E-state index in [-0.39, 0.29) is 12.5 Å². The minimum absolute atomic E-state index is 0.0631. The van der Waals surface area contributed by atoms with Crippen molar-refractivity contribution >= 4 is 29.4 Å². The number of hydrogen-bond donors (Lipinski definition) is 2. The highest BCUT2D eigenvalue weighted by Crippen LogP contribution is 2.34. The number of urea groups is 1. The van der Waals surface area contributed by atoms with Gasteiger partial charge in [-0.2, -0.15) is 0 Å². The molecular formula is C20H18N4O4S. The van der Waals surface area contributed by atoms with Crippen LogP contribution in [0.5, 0.6) is 11.5 Å². The molecule has 0 spiro atoms. The van der Waals surface area contributed by atoms with E-state index in [4.69, 9.17) is 9.47 Å². The van der Waals surface area contributed by atoms with Crippen molar-refractivity contribution in [1.82, 2.24) is 14.9 Å². The molecule has 0 bridgehead atoms. The van der Waals surface area contributed by atoms with Gasteiger partial charge in [0.15, 0.2) is 16.7 Å². The molecule has 0 radical (unpaired) electrons. The molecule has 2 N–H and O–H groups in total. The lowest BCUT2D eigenvalue weighted by Crippen LogP contribution is -2.35. The summed E-state index contributed by atoms with van der Waals surface area (Å²) < 4.78 is 12.4. The second-order valence-corrected chi connectivity index (χ2v) is 7.15. The number of carbonyl (C=O) groups is 2. The van der Waals surface area contributed by atoms with Crippen LogP contribution in [0.2, 0.25) is 0 Å². The highest BCUT2D eigenvalue weighted by Gasteiger charge is 2.16. The molecule has 0 saturated heterocycles. The number of carbonyl (C=O) groups excluding carboxylic acids is 2. The van der Waals surface area contributed by atoms with Crippen molar-refractivity contribution < 1.29 is 19.1 Å². The zero-order chi connectivity index (χ0) is 20.2. The van der Waals surface area contributed by atoms with Crippen molar-refractivity contribution in [2.45, 2.75) is 5.16 Å². The maximum absolute atomic E-state index is 12.1. The van der Waals surface area contributed by atoms with Crippen molar-refractivity contribution in [3.05, 3.63) is 54.7 Å². The highest BCUT2D eigenvalue weighted by molar-refractivity contribution is 7.99. The Labute approximate surface area is 171 Å². The lowest BCUT2D eigenvalue weighted by molar-refractivity contribution is -0.117. The van der Waals surface area contributed by atoms with Gasteiger partial charge in [0.25, 0.3) is 0 Å². The van der Waals surface area contributed by atoms with E-state index in [1.54, 1.807) is 24.4 Å². The minimum Gasteiger partial charge on any atom is -0.454 e. The van der Waals surface area contributed by atoms with Crippen LogP contribution in [0.4, 0.5) is 10.5 Å². The lowest BCUT2D eigenvalue weighted by Gasteiger charge is -2.08. The SMILES string of the molecule is Cn1c(-c2ccccc2)cnc1SCC(=O)NC(=O)Nc1ccc2c(c1)OCO2. The van der Waals surface area contributed by atoms with E-state index in [0.29, 0.717) is 22.3 Å². The molecule has 2 aromatic carbocycles. The van der Waals surface area contributed by atoms with Gasteiger partial charge in [0.1, 0.15) is 0 Å². The minimum atomic E-state index is -0.612. The van der Waals surface area contributed by atoms with Gasteiger partial charge in [-0.25, -0.2) is 9.78 Å². The third-order valence-electron chi connectivity index (χ3n) is 4.23. The average Bonchev–Trinajstić information content (AvgIpc) is 3.33. The zero-order valence-corrected chi connectivity index (χ0v) is 16.4. The van der Waals surface area contributed by atoms with Crippen LogP contribution in [-0.4, -0.2) is 34.0 Å². The Bertz CT molecular complexity index is 1050. The molecule has 3 amide bonds. The molecule has 3 aromatic rings. The Morgan fingerprint density at radius 1 is 1.14 bits per heavy atom. The third-order valence-corrected chi connectivity index (χ3v) is 5.27. The first kappa shape index (κ1) is 18.9. The fraction of sp³-hybridized carbons (Fsp3) is 0.150. The highest BCUT2D eigenvalue weighted by atomic mass is 32.2. The Kier molecular flexibility index (Phi) is 5.39. The predicted octanol–water partition coefficient (Wildman–Crippen LogP) is 3.26. The topological polar surface area (TPSA) is 94.5 Å². The molecule has 1 aliphatic rings. The predicted molar refractivity (Wildman–Crippen MR) is 109 cm³/mol. The van der Waals surface area contributed by atoms with Gasteiger partial charge < -0.3 is 19.4 Å². The number of hydrogen-bond acceptors (Lipinski definition) is 6. The molecule has 0 atom stereocenters. The molecule has 2 heterocycles. The van der Waals surface area contributed by atoms with Gasteiger partial charge in [-0.1, -0.05) is 42.1 Å². The molecule has 9 heteroatoms. The van der Waals surface area contributed by atoms with Gasteiger partial charge in [-0.15, -0.1) is 0 Å². The number of anilines is 1. The number of aromatic nitrogens is 2. The van der Waals surface area contributed by atoms with Crippen LogP contribution in [0.3, 0.4) is 0 Å². The van der Waals surface area contributed by atoms with E-state index in [0.717, 1.165) is 11.3 Å². The lowest BCUT2D eigenvalue weighted by atomic mass is 10.2. The van der Waals surface area contributed by atoms with Gasteiger partial charge in [-0.3, -0.25) is 10.1 Å². The number of nitrogens with one attached hydrogen (secondary N) is 2. The average molecular weight is 410 g/mol. The van der Waals surface area contributed by atoms with Crippen LogP contribution in [0.25, 0.3) is 11.3 Å². The van der Waals surface area contributed by atoms with Crippen LogP contribution in [0.15, 0.2) is 59.9 Å². The smallest absolute Gasteiger partial charge is 0.325 e. The largest absolute Gasteiger partial charge is 0.454 e. The van der Waals surface area contributed by atoms with Crippen molar-refractivity contribution in [3.8, 4) is 22.8 Å². The van der Waals surface area contributed by atoms with Gasteiger partial charge in [0.2, 0.25) is 12.7 Å². The van der Waals surface area contributed by atoms with Crippen LogP contribution in [0.1, 0.15) is 0 Å². The van der Waals surface area contributed by atoms with Crippen molar-refractivity contribution in [2.24, 2.45) is 7.05 Å². The monoisotopic (exact) mass is 410 g/mol. The first-order valence-corrected chi connectivity index (χ1v) is 9.79. The molecule has 8 nitrogen and oxygen atoms in total. The van der Waals surface area contributed by atoms with E-state index in [1.807, 2.05) is 41.9 Å². The van der Waals surface area contributed by atoms with Gasteiger partial charge in [0, 0.05) is 18.8 Å². The summed E-state index contributed by atoms with van der Waals surface area (Å²) in [5, 5.41) is 5.60. The number of rotatable bonds is 5. The molecule has 0 fully saturated rings. The van der Waals surface area contributed by atoms with Crippen molar-refractivity contribution in [3.63, 3.8) is 0 Å². The second kappa shape index (κ2) is 8.27. The maximum atomic E-state index is 12.1. The molecule has 4 rings (SSSR count). The van der Waals surface area contributed by atoms with E-state index >= 15 is 0 Å². The summed E-state index contributed by atoms with van der Waals surface area (Å²) in [7, 11) is 1.89. The van der Waals surface area contributed by atoms with Crippen molar-refractivity contribution in [1.29, 1.82) is 0 Å². The molecular weight excluding hydrogens is 392 g/mol. The van der Waals surface area contributed by atoms with Crippen LogP contribution < -0.4 is 20.1 Å². The first-order chi connectivity index (χ1) is 14.1. The maximum Gasteiger partial charge on any atom is 0.325 e. The second-order valence-electron chi connectivity index (χ2n) is 6.21. The number of fused-ring (bicyclic) bond motifs is 1. The molecule has 1 aliphatic heterocycles. The zero-order valence-electron chi connectivity index (χ0n) is 15.5.